The first-order valence-corrected chi connectivity index (χ1v) is 5.11. The molecule has 0 atom stereocenters. The SMILES string of the molecule is O=Cc1cc(-c2ccc(F)c(O)c2)cs1. The molecular weight excluding hydrogens is 215 g/mol. The van der Waals surface area contributed by atoms with E-state index in [2.05, 4.69) is 0 Å². The van der Waals surface area contributed by atoms with Gasteiger partial charge in [0.1, 0.15) is 0 Å². The first kappa shape index (κ1) is 9.86. The number of hydrogen-bond acceptors (Lipinski definition) is 3. The molecule has 0 aliphatic rings. The van der Waals surface area contributed by atoms with Crippen LogP contribution in [0, 0.1) is 5.82 Å². The molecule has 2 aromatic rings. The topological polar surface area (TPSA) is 37.3 Å². The summed E-state index contributed by atoms with van der Waals surface area (Å²) in [5.74, 6) is -1.03. The van der Waals surface area contributed by atoms with Crippen molar-refractivity contribution in [2.45, 2.75) is 0 Å². The highest BCUT2D eigenvalue weighted by molar-refractivity contribution is 7.12. The molecule has 0 fully saturated rings. The van der Waals surface area contributed by atoms with Crippen LogP contribution in [0.25, 0.3) is 11.1 Å². The van der Waals surface area contributed by atoms with Crippen molar-refractivity contribution in [1.82, 2.24) is 0 Å². The molecule has 0 unspecified atom stereocenters. The summed E-state index contributed by atoms with van der Waals surface area (Å²) in [5.41, 5.74) is 1.50. The van der Waals surface area contributed by atoms with Crippen LogP contribution >= 0.6 is 11.3 Å². The largest absolute Gasteiger partial charge is 0.505 e. The third kappa shape index (κ3) is 1.89. The maximum absolute atomic E-state index is 12.8. The van der Waals surface area contributed by atoms with Crippen molar-refractivity contribution in [3.05, 3.63) is 40.3 Å². The van der Waals surface area contributed by atoms with Crippen LogP contribution in [-0.2, 0) is 0 Å². The van der Waals surface area contributed by atoms with Crippen LogP contribution in [0.15, 0.2) is 29.6 Å². The Kier molecular flexibility index (Phi) is 2.51. The smallest absolute Gasteiger partial charge is 0.164 e. The molecule has 2 nitrogen and oxygen atoms in total. The number of hydrogen-bond donors (Lipinski definition) is 1. The second-order valence-electron chi connectivity index (χ2n) is 3.02. The Hall–Kier alpha value is -1.68. The molecule has 0 bridgehead atoms. The molecule has 1 N–H and O–H groups in total. The summed E-state index contributed by atoms with van der Waals surface area (Å²) in [7, 11) is 0. The van der Waals surface area contributed by atoms with Gasteiger partial charge in [0.05, 0.1) is 4.88 Å². The Bertz CT molecular complexity index is 505. The lowest BCUT2D eigenvalue weighted by Gasteiger charge is -1.99. The van der Waals surface area contributed by atoms with Crippen LogP contribution in [0.1, 0.15) is 9.67 Å². The maximum atomic E-state index is 12.8. The molecule has 76 valence electrons. The number of thiophene rings is 1. The molecule has 0 saturated carbocycles. The second-order valence-corrected chi connectivity index (χ2v) is 3.96. The van der Waals surface area contributed by atoms with E-state index in [9.17, 15) is 14.3 Å². The fraction of sp³-hybridized carbons (Fsp3) is 0. The summed E-state index contributed by atoms with van der Waals surface area (Å²) in [6.07, 6.45) is 0.761. The van der Waals surface area contributed by atoms with Crippen LogP contribution in [0.4, 0.5) is 4.39 Å². The van der Waals surface area contributed by atoms with Crippen LogP contribution < -0.4 is 0 Å². The summed E-state index contributed by atoms with van der Waals surface area (Å²) < 4.78 is 12.8. The molecule has 0 saturated heterocycles. The lowest BCUT2D eigenvalue weighted by molar-refractivity contribution is 0.112. The summed E-state index contributed by atoms with van der Waals surface area (Å²) in [6.45, 7) is 0. The molecular formula is C11H7FO2S. The summed E-state index contributed by atoms with van der Waals surface area (Å²) in [5, 5.41) is 11.0. The van der Waals surface area contributed by atoms with Gasteiger partial charge >= 0.3 is 0 Å². The highest BCUT2D eigenvalue weighted by atomic mass is 32.1. The fourth-order valence-electron chi connectivity index (χ4n) is 1.26. The van der Waals surface area contributed by atoms with Gasteiger partial charge in [-0.2, -0.15) is 0 Å². The molecule has 0 radical (unpaired) electrons. The number of phenolic OH excluding ortho intramolecular Hbond substituents is 1. The Morgan fingerprint density at radius 2 is 2.07 bits per heavy atom. The Morgan fingerprint density at radius 1 is 1.27 bits per heavy atom. The van der Waals surface area contributed by atoms with Gasteiger partial charge in [0.25, 0.3) is 0 Å². The van der Waals surface area contributed by atoms with Crippen molar-refractivity contribution in [3.63, 3.8) is 0 Å². The van der Waals surface area contributed by atoms with E-state index in [0.29, 0.717) is 10.4 Å². The van der Waals surface area contributed by atoms with Crippen molar-refractivity contribution in [3.8, 4) is 16.9 Å². The van der Waals surface area contributed by atoms with Crippen molar-refractivity contribution >= 4 is 17.6 Å². The number of benzene rings is 1. The van der Waals surface area contributed by atoms with Crippen molar-refractivity contribution in [2.75, 3.05) is 0 Å². The van der Waals surface area contributed by atoms with Gasteiger partial charge in [-0.15, -0.1) is 11.3 Å². The number of rotatable bonds is 2. The fourth-order valence-corrected chi connectivity index (χ4v) is 1.98. The average Bonchev–Trinajstić information content (AvgIpc) is 2.70. The van der Waals surface area contributed by atoms with Crippen LogP contribution in [-0.4, -0.2) is 11.4 Å². The third-order valence-corrected chi connectivity index (χ3v) is 2.87. The minimum atomic E-state index is -0.649. The van der Waals surface area contributed by atoms with Crippen LogP contribution in [0.2, 0.25) is 0 Å². The first-order chi connectivity index (χ1) is 7.20. The number of halogens is 1. The molecule has 4 heteroatoms. The standard InChI is InChI=1S/C11H7FO2S/c12-10-2-1-7(4-11(10)14)8-3-9(5-13)15-6-8/h1-6,14H. The number of aromatic hydroxyl groups is 1. The van der Waals surface area contributed by atoms with Gasteiger partial charge < -0.3 is 5.11 Å². The molecule has 2 rings (SSSR count). The van der Waals surface area contributed by atoms with Gasteiger partial charge in [-0.1, -0.05) is 6.07 Å². The molecule has 0 aliphatic carbocycles. The summed E-state index contributed by atoms with van der Waals surface area (Å²) in [4.78, 5) is 11.1. The number of phenols is 1. The number of carbonyl (C=O) groups is 1. The van der Waals surface area contributed by atoms with E-state index in [4.69, 9.17) is 0 Å². The first-order valence-electron chi connectivity index (χ1n) is 4.23. The molecule has 1 aromatic carbocycles. The van der Waals surface area contributed by atoms with Crippen LogP contribution in [0.3, 0.4) is 0 Å². The molecule has 1 heterocycles. The van der Waals surface area contributed by atoms with Gasteiger partial charge in [-0.3, -0.25) is 4.79 Å². The predicted octanol–water partition coefficient (Wildman–Crippen LogP) is 3.07. The molecule has 15 heavy (non-hydrogen) atoms. The Balaban J connectivity index is 2.44. The highest BCUT2D eigenvalue weighted by Crippen LogP contribution is 2.28. The molecule has 0 amide bonds. The molecule has 0 spiro atoms. The van der Waals surface area contributed by atoms with Gasteiger partial charge in [-0.25, -0.2) is 4.39 Å². The van der Waals surface area contributed by atoms with E-state index in [1.807, 2.05) is 0 Å². The van der Waals surface area contributed by atoms with Crippen molar-refractivity contribution in [2.24, 2.45) is 0 Å². The lowest BCUT2D eigenvalue weighted by atomic mass is 10.1. The molecule has 1 aromatic heterocycles. The van der Waals surface area contributed by atoms with Crippen molar-refractivity contribution < 1.29 is 14.3 Å². The summed E-state index contributed by atoms with van der Waals surface area (Å²) in [6, 6.07) is 5.80. The zero-order valence-corrected chi connectivity index (χ0v) is 8.42. The summed E-state index contributed by atoms with van der Waals surface area (Å²) >= 11 is 1.31. The molecule has 0 aliphatic heterocycles. The minimum absolute atomic E-state index is 0.383. The van der Waals surface area contributed by atoms with E-state index in [0.717, 1.165) is 11.8 Å². The lowest BCUT2D eigenvalue weighted by Crippen LogP contribution is -1.78. The van der Waals surface area contributed by atoms with Gasteiger partial charge in [0, 0.05) is 0 Å². The Morgan fingerprint density at radius 3 is 2.67 bits per heavy atom. The normalized spacial score (nSPS) is 10.2. The number of carbonyl (C=O) groups excluding carboxylic acids is 1. The van der Waals surface area contributed by atoms with Gasteiger partial charge in [0.15, 0.2) is 17.9 Å². The van der Waals surface area contributed by atoms with Gasteiger partial charge in [0.2, 0.25) is 0 Å². The van der Waals surface area contributed by atoms with Gasteiger partial charge in [-0.05, 0) is 34.7 Å². The average molecular weight is 222 g/mol. The van der Waals surface area contributed by atoms with E-state index in [-0.39, 0.29) is 5.75 Å². The maximum Gasteiger partial charge on any atom is 0.164 e. The van der Waals surface area contributed by atoms with E-state index >= 15 is 0 Å². The minimum Gasteiger partial charge on any atom is -0.505 e. The van der Waals surface area contributed by atoms with E-state index in [1.165, 1.54) is 23.5 Å². The quantitative estimate of drug-likeness (QED) is 0.793. The second kappa shape index (κ2) is 3.82. The zero-order valence-electron chi connectivity index (χ0n) is 7.61. The van der Waals surface area contributed by atoms with E-state index < -0.39 is 5.82 Å². The predicted molar refractivity (Wildman–Crippen MR) is 56.8 cm³/mol. The third-order valence-electron chi connectivity index (χ3n) is 2.02. The monoisotopic (exact) mass is 222 g/mol. The van der Waals surface area contributed by atoms with Crippen LogP contribution in [0.5, 0.6) is 5.75 Å². The highest BCUT2D eigenvalue weighted by Gasteiger charge is 2.05. The zero-order chi connectivity index (χ0) is 10.8. The Labute approximate surface area is 89.6 Å². The van der Waals surface area contributed by atoms with Crippen molar-refractivity contribution in [1.29, 1.82) is 0 Å². The number of aldehydes is 1. The van der Waals surface area contributed by atoms with E-state index in [1.54, 1.807) is 17.5 Å².